The number of Topliss-reactive ketones (excluding diaryl/α,β-unsaturated/α-hetero) is 1. The van der Waals surface area contributed by atoms with Crippen molar-refractivity contribution >= 4 is 45.3 Å². The van der Waals surface area contributed by atoms with Crippen LogP contribution in [0.3, 0.4) is 0 Å². The summed E-state index contributed by atoms with van der Waals surface area (Å²) in [7, 11) is 0. The average molecular weight is 360 g/mol. The molecule has 0 aliphatic carbocycles. The third-order valence-corrected chi connectivity index (χ3v) is 4.24. The minimum absolute atomic E-state index is 0.182. The topological polar surface area (TPSA) is 26.3 Å². The maximum atomic E-state index is 12.5. The molecule has 110 valence electrons. The summed E-state index contributed by atoms with van der Waals surface area (Å²) in [6.07, 6.45) is -3.80. The molecule has 0 fully saturated rings. The van der Waals surface area contributed by atoms with Gasteiger partial charge in [-0.05, 0) is 5.56 Å². The molecular formula is C15H13Cl3O2Si. The lowest BCUT2D eigenvalue weighted by Gasteiger charge is -2.20. The van der Waals surface area contributed by atoms with Crippen LogP contribution in [0.25, 0.3) is 0 Å². The van der Waals surface area contributed by atoms with E-state index in [1.165, 1.54) is 0 Å². The molecule has 2 nitrogen and oxygen atoms in total. The van der Waals surface area contributed by atoms with Gasteiger partial charge in [-0.2, -0.15) is 0 Å². The van der Waals surface area contributed by atoms with Crippen LogP contribution in [0, 0.1) is 0 Å². The van der Waals surface area contributed by atoms with E-state index in [-0.39, 0.29) is 5.78 Å². The van der Waals surface area contributed by atoms with E-state index in [4.69, 9.17) is 37.7 Å². The summed E-state index contributed by atoms with van der Waals surface area (Å²) in [5.41, 5.74) is 1.50. The van der Waals surface area contributed by atoms with Crippen LogP contribution in [-0.4, -0.2) is 18.1 Å². The molecule has 0 aromatic heterocycles. The normalized spacial score (nSPS) is 12.9. The molecule has 0 saturated heterocycles. The molecule has 2 aromatic carbocycles. The molecule has 2 aromatic rings. The van der Waals surface area contributed by atoms with E-state index >= 15 is 0 Å². The molecule has 2 rings (SSSR count). The summed E-state index contributed by atoms with van der Waals surface area (Å²) in [6.45, 7) is 0. The Morgan fingerprint density at radius 3 is 2.00 bits per heavy atom. The molecular weight excluding hydrogens is 347 g/mol. The Balaban J connectivity index is 2.22. The highest BCUT2D eigenvalue weighted by Crippen LogP contribution is 2.26. The first-order valence-corrected chi connectivity index (χ1v) is 11.3. The van der Waals surface area contributed by atoms with Gasteiger partial charge in [0.25, 0.3) is 0 Å². The van der Waals surface area contributed by atoms with Crippen LogP contribution < -0.4 is 0 Å². The lowest BCUT2D eigenvalue weighted by atomic mass is 10.0. The van der Waals surface area contributed by atoms with Gasteiger partial charge in [0.15, 0.2) is 5.78 Å². The second kappa shape index (κ2) is 7.43. The predicted octanol–water partition coefficient (Wildman–Crippen LogP) is 4.65. The van der Waals surface area contributed by atoms with E-state index < -0.39 is 12.4 Å². The van der Waals surface area contributed by atoms with E-state index in [1.54, 1.807) is 24.3 Å². The van der Waals surface area contributed by atoms with Gasteiger partial charge in [-0.3, -0.25) is 4.79 Å². The van der Waals surface area contributed by atoms with Crippen molar-refractivity contribution in [3.05, 3.63) is 71.8 Å². The van der Waals surface area contributed by atoms with Crippen LogP contribution in [0.1, 0.15) is 15.9 Å². The molecule has 0 heterocycles. The molecule has 0 saturated carbocycles. The summed E-state index contributed by atoms with van der Waals surface area (Å²) in [6, 6.07) is 18.4. The molecule has 0 amide bonds. The van der Waals surface area contributed by atoms with Crippen molar-refractivity contribution in [3.8, 4) is 0 Å². The zero-order valence-electron chi connectivity index (χ0n) is 11.0. The van der Waals surface area contributed by atoms with E-state index in [1.807, 2.05) is 36.4 Å². The molecule has 0 aliphatic rings. The average Bonchev–Trinajstić information content (AvgIpc) is 2.46. The fraction of sp³-hybridized carbons (Fsp3) is 0.133. The fourth-order valence-corrected chi connectivity index (χ4v) is 3.45. The highest BCUT2D eigenvalue weighted by molar-refractivity contribution is 7.62. The van der Waals surface area contributed by atoms with Crippen molar-refractivity contribution < 1.29 is 9.22 Å². The van der Waals surface area contributed by atoms with Crippen molar-refractivity contribution in [2.75, 3.05) is 0 Å². The number of hydrogen-bond acceptors (Lipinski definition) is 2. The van der Waals surface area contributed by atoms with Crippen LogP contribution in [-0.2, 0) is 10.8 Å². The summed E-state index contributed by atoms with van der Waals surface area (Å²) in [5, 5.41) is 0. The lowest BCUT2D eigenvalue weighted by Crippen LogP contribution is -2.34. The molecule has 21 heavy (non-hydrogen) atoms. The van der Waals surface area contributed by atoms with Gasteiger partial charge in [-0.1, -0.05) is 93.9 Å². The maximum absolute atomic E-state index is 12.5. The number of hydrogen-bond donors (Lipinski definition) is 0. The summed E-state index contributed by atoms with van der Waals surface area (Å²) in [4.78, 5) is 12.5. The number of benzene rings is 2. The minimum atomic E-state index is -3.37. The number of ketones is 1. The first-order chi connectivity index (χ1) is 9.96. The Kier molecular flexibility index (Phi) is 5.85. The van der Waals surface area contributed by atoms with Gasteiger partial charge in [0.2, 0.25) is 0 Å². The second-order valence-electron chi connectivity index (χ2n) is 4.47. The van der Waals surface area contributed by atoms with E-state index in [0.29, 0.717) is 12.0 Å². The van der Waals surface area contributed by atoms with E-state index in [2.05, 4.69) is 0 Å². The summed E-state index contributed by atoms with van der Waals surface area (Å²) < 4.78 is 5.44. The van der Waals surface area contributed by atoms with Gasteiger partial charge in [0.05, 0.1) is 0 Å². The van der Waals surface area contributed by atoms with Crippen LogP contribution in [0.5, 0.6) is 0 Å². The molecule has 0 spiro atoms. The standard InChI is InChI=1S/C15H13Cl3O2Si/c16-21(17,18)20-14(11-12-7-3-1-4-8-12)15(19)13-9-5-2-6-10-13/h1-10,14H,11H2/t14-/m0/s1. The highest BCUT2D eigenvalue weighted by Gasteiger charge is 2.35. The molecule has 0 aliphatic heterocycles. The minimum Gasteiger partial charge on any atom is -0.370 e. The van der Waals surface area contributed by atoms with Gasteiger partial charge in [-0.15, -0.1) is 0 Å². The Morgan fingerprint density at radius 2 is 1.48 bits per heavy atom. The Hall–Kier alpha value is -0.843. The first-order valence-electron chi connectivity index (χ1n) is 6.33. The smallest absolute Gasteiger partial charge is 0.370 e. The molecule has 0 bridgehead atoms. The zero-order valence-corrected chi connectivity index (χ0v) is 14.3. The van der Waals surface area contributed by atoms with Gasteiger partial charge in [0, 0.05) is 12.0 Å². The summed E-state index contributed by atoms with van der Waals surface area (Å²) in [5.74, 6) is -0.182. The largest absolute Gasteiger partial charge is 0.494 e. The van der Waals surface area contributed by atoms with E-state index in [0.717, 1.165) is 5.56 Å². The Labute approximate surface area is 138 Å². The van der Waals surface area contributed by atoms with Crippen molar-refractivity contribution in [2.45, 2.75) is 12.5 Å². The van der Waals surface area contributed by atoms with Crippen molar-refractivity contribution in [3.63, 3.8) is 0 Å². The monoisotopic (exact) mass is 358 g/mol. The third kappa shape index (κ3) is 5.45. The van der Waals surface area contributed by atoms with Gasteiger partial charge >= 0.3 is 6.25 Å². The summed E-state index contributed by atoms with van der Waals surface area (Å²) >= 11 is 17.5. The quantitative estimate of drug-likeness (QED) is 0.426. The first kappa shape index (κ1) is 16.5. The van der Waals surface area contributed by atoms with Crippen LogP contribution in [0.2, 0.25) is 0 Å². The molecule has 1 atom stereocenters. The third-order valence-electron chi connectivity index (χ3n) is 2.89. The number of carbonyl (C=O) groups excluding carboxylic acids is 1. The van der Waals surface area contributed by atoms with Crippen molar-refractivity contribution in [1.82, 2.24) is 0 Å². The molecule has 0 N–H and O–H groups in total. The number of halogens is 3. The lowest BCUT2D eigenvalue weighted by molar-refractivity contribution is 0.0797. The van der Waals surface area contributed by atoms with Crippen LogP contribution >= 0.6 is 33.2 Å². The highest BCUT2D eigenvalue weighted by atomic mass is 35.8. The Bertz CT molecular complexity index is 585. The van der Waals surface area contributed by atoms with Crippen molar-refractivity contribution in [1.29, 1.82) is 0 Å². The molecule has 0 radical (unpaired) electrons. The Morgan fingerprint density at radius 1 is 0.952 bits per heavy atom. The van der Waals surface area contributed by atoms with Gasteiger partial charge in [-0.25, -0.2) is 0 Å². The predicted molar refractivity (Wildman–Crippen MR) is 89.1 cm³/mol. The zero-order chi connectivity index (χ0) is 15.3. The van der Waals surface area contributed by atoms with Gasteiger partial charge in [0.1, 0.15) is 6.10 Å². The fourth-order valence-electron chi connectivity index (χ4n) is 1.97. The van der Waals surface area contributed by atoms with E-state index in [9.17, 15) is 4.79 Å². The SMILES string of the molecule is O=C(c1ccccc1)[C@H](Cc1ccccc1)O[Si](Cl)(Cl)Cl. The molecule has 6 heteroatoms. The number of rotatable bonds is 6. The second-order valence-corrected chi connectivity index (χ2v) is 12.1. The van der Waals surface area contributed by atoms with Crippen LogP contribution in [0.4, 0.5) is 0 Å². The molecule has 0 unspecified atom stereocenters. The number of carbonyl (C=O) groups is 1. The van der Waals surface area contributed by atoms with Crippen LogP contribution in [0.15, 0.2) is 60.7 Å². The van der Waals surface area contributed by atoms with Gasteiger partial charge < -0.3 is 4.43 Å². The maximum Gasteiger partial charge on any atom is 0.494 e. The van der Waals surface area contributed by atoms with Crippen molar-refractivity contribution in [2.24, 2.45) is 0 Å².